The van der Waals surface area contributed by atoms with Gasteiger partial charge in [0, 0.05) is 5.69 Å². The summed E-state index contributed by atoms with van der Waals surface area (Å²) >= 11 is 11.8. The lowest BCUT2D eigenvalue weighted by Gasteiger charge is -2.13. The number of anilines is 2. The fourth-order valence-corrected chi connectivity index (χ4v) is 3.46. The van der Waals surface area contributed by atoms with Gasteiger partial charge in [-0.2, -0.15) is 0 Å². The summed E-state index contributed by atoms with van der Waals surface area (Å²) in [5, 5.41) is 0.207. The molecule has 4 nitrogen and oxygen atoms in total. The maximum atomic E-state index is 13.9. The van der Waals surface area contributed by atoms with E-state index in [9.17, 15) is 12.8 Å². The van der Waals surface area contributed by atoms with Gasteiger partial charge in [-0.3, -0.25) is 4.72 Å². The van der Waals surface area contributed by atoms with Crippen LogP contribution in [0.3, 0.4) is 0 Å². The van der Waals surface area contributed by atoms with E-state index in [-0.39, 0.29) is 21.4 Å². The van der Waals surface area contributed by atoms with Gasteiger partial charge in [0.1, 0.15) is 10.7 Å². The van der Waals surface area contributed by atoms with Crippen molar-refractivity contribution in [2.75, 3.05) is 10.5 Å². The second-order valence-electron chi connectivity index (χ2n) is 4.34. The SMILES string of the molecule is Cc1cc(F)c(S(=O)(=O)Nc2c(Cl)cccc2Cl)cc1N. The molecule has 0 heterocycles. The molecule has 0 atom stereocenters. The Kier molecular flexibility index (Phi) is 4.32. The fourth-order valence-electron chi connectivity index (χ4n) is 1.66. The summed E-state index contributed by atoms with van der Waals surface area (Å²) in [6, 6.07) is 6.60. The maximum absolute atomic E-state index is 13.9. The molecule has 0 aliphatic heterocycles. The van der Waals surface area contributed by atoms with Crippen LogP contribution in [0.5, 0.6) is 0 Å². The number of para-hydroxylation sites is 1. The standard InChI is InChI=1S/C13H11Cl2FN2O2S/c1-7-5-10(16)12(6-11(7)17)21(19,20)18-13-8(14)3-2-4-9(13)15/h2-6,18H,17H2,1H3. The molecule has 0 aromatic heterocycles. The quantitative estimate of drug-likeness (QED) is 0.828. The number of nitrogens with one attached hydrogen (secondary N) is 1. The summed E-state index contributed by atoms with van der Waals surface area (Å²) < 4.78 is 40.6. The zero-order chi connectivity index (χ0) is 15.8. The van der Waals surface area contributed by atoms with Crippen molar-refractivity contribution in [1.29, 1.82) is 0 Å². The molecule has 2 rings (SSSR count). The van der Waals surface area contributed by atoms with Gasteiger partial charge in [-0.05, 0) is 36.8 Å². The number of sulfonamides is 1. The lowest BCUT2D eigenvalue weighted by atomic mass is 10.2. The van der Waals surface area contributed by atoms with Crippen LogP contribution in [0.25, 0.3) is 0 Å². The largest absolute Gasteiger partial charge is 0.398 e. The first-order chi connectivity index (χ1) is 9.72. The van der Waals surface area contributed by atoms with E-state index >= 15 is 0 Å². The van der Waals surface area contributed by atoms with Crippen molar-refractivity contribution < 1.29 is 12.8 Å². The van der Waals surface area contributed by atoms with Crippen LogP contribution in [0, 0.1) is 12.7 Å². The van der Waals surface area contributed by atoms with Crippen LogP contribution in [0.15, 0.2) is 35.2 Å². The average Bonchev–Trinajstić information content (AvgIpc) is 2.38. The van der Waals surface area contributed by atoms with E-state index in [2.05, 4.69) is 4.72 Å². The van der Waals surface area contributed by atoms with Crippen molar-refractivity contribution in [1.82, 2.24) is 0 Å². The van der Waals surface area contributed by atoms with E-state index < -0.39 is 20.7 Å². The molecule has 0 saturated carbocycles. The third-order valence-corrected chi connectivity index (χ3v) is 4.80. The third-order valence-electron chi connectivity index (χ3n) is 2.81. The molecule has 8 heteroatoms. The Morgan fingerprint density at radius 3 is 2.33 bits per heavy atom. The van der Waals surface area contributed by atoms with Crippen LogP contribution in [-0.4, -0.2) is 8.42 Å². The number of hydrogen-bond donors (Lipinski definition) is 2. The third kappa shape index (κ3) is 3.23. The number of benzene rings is 2. The molecule has 0 saturated heterocycles. The minimum absolute atomic E-state index is 0.0145. The highest BCUT2D eigenvalue weighted by molar-refractivity contribution is 7.92. The van der Waals surface area contributed by atoms with Gasteiger partial charge >= 0.3 is 0 Å². The van der Waals surface area contributed by atoms with E-state index in [1.807, 2.05) is 0 Å². The Balaban J connectivity index is 2.51. The van der Waals surface area contributed by atoms with Gasteiger partial charge in [0.15, 0.2) is 0 Å². The van der Waals surface area contributed by atoms with Gasteiger partial charge < -0.3 is 5.73 Å². The average molecular weight is 349 g/mol. The lowest BCUT2D eigenvalue weighted by molar-refractivity contribution is 0.570. The monoisotopic (exact) mass is 348 g/mol. The molecule has 0 amide bonds. The van der Waals surface area contributed by atoms with E-state index in [0.29, 0.717) is 5.56 Å². The molecule has 21 heavy (non-hydrogen) atoms. The second-order valence-corrected chi connectivity index (χ2v) is 6.81. The zero-order valence-corrected chi connectivity index (χ0v) is 13.2. The summed E-state index contributed by atoms with van der Waals surface area (Å²) in [4.78, 5) is -0.568. The number of rotatable bonds is 3. The van der Waals surface area contributed by atoms with Gasteiger partial charge in [0.2, 0.25) is 0 Å². The summed E-state index contributed by atoms with van der Waals surface area (Å²) in [5.74, 6) is -0.905. The van der Waals surface area contributed by atoms with Gasteiger partial charge in [-0.1, -0.05) is 29.3 Å². The first-order valence-corrected chi connectivity index (χ1v) is 7.99. The number of hydrogen-bond acceptors (Lipinski definition) is 3. The zero-order valence-electron chi connectivity index (χ0n) is 10.8. The Morgan fingerprint density at radius 2 is 1.76 bits per heavy atom. The van der Waals surface area contributed by atoms with Crippen LogP contribution in [0.2, 0.25) is 10.0 Å². The molecule has 0 radical (unpaired) electrons. The first-order valence-electron chi connectivity index (χ1n) is 5.75. The van der Waals surface area contributed by atoms with Gasteiger partial charge in [-0.25, -0.2) is 12.8 Å². The van der Waals surface area contributed by atoms with Crippen LogP contribution in [0.4, 0.5) is 15.8 Å². The molecule has 0 bridgehead atoms. The highest BCUT2D eigenvalue weighted by Gasteiger charge is 2.22. The molecule has 0 spiro atoms. The molecule has 2 aromatic rings. The predicted molar refractivity (Wildman–Crippen MR) is 82.8 cm³/mol. The summed E-state index contributed by atoms with van der Waals surface area (Å²) in [5.41, 5.74) is 6.23. The molecular weight excluding hydrogens is 338 g/mol. The Labute approximate surface area is 131 Å². The summed E-state index contributed by atoms with van der Waals surface area (Å²) in [6.07, 6.45) is 0. The fraction of sp³-hybridized carbons (Fsp3) is 0.0769. The van der Waals surface area contributed by atoms with E-state index in [0.717, 1.165) is 12.1 Å². The van der Waals surface area contributed by atoms with Crippen molar-refractivity contribution >= 4 is 44.6 Å². The minimum atomic E-state index is -4.20. The molecule has 0 fully saturated rings. The summed E-state index contributed by atoms with van der Waals surface area (Å²) in [6.45, 7) is 1.58. The number of halogens is 3. The molecule has 0 aliphatic rings. The van der Waals surface area contributed by atoms with Crippen LogP contribution < -0.4 is 10.5 Å². The van der Waals surface area contributed by atoms with Gasteiger partial charge in [-0.15, -0.1) is 0 Å². The van der Waals surface area contributed by atoms with Crippen molar-refractivity contribution in [3.8, 4) is 0 Å². The number of nitrogens with two attached hydrogens (primary N) is 1. The second kappa shape index (κ2) is 5.71. The maximum Gasteiger partial charge on any atom is 0.264 e. The van der Waals surface area contributed by atoms with Crippen LogP contribution in [0.1, 0.15) is 5.56 Å². The number of nitrogen functional groups attached to an aromatic ring is 1. The van der Waals surface area contributed by atoms with Crippen LogP contribution in [-0.2, 0) is 10.0 Å². The highest BCUT2D eigenvalue weighted by Crippen LogP contribution is 2.32. The van der Waals surface area contributed by atoms with Gasteiger partial charge in [0.05, 0.1) is 15.7 Å². The Bertz CT molecular complexity index is 790. The molecule has 3 N–H and O–H groups in total. The number of aryl methyl sites for hydroxylation is 1. The first kappa shape index (κ1) is 15.9. The Morgan fingerprint density at radius 1 is 1.19 bits per heavy atom. The highest BCUT2D eigenvalue weighted by atomic mass is 35.5. The van der Waals surface area contributed by atoms with Crippen molar-refractivity contribution in [2.45, 2.75) is 11.8 Å². The van der Waals surface area contributed by atoms with Crippen LogP contribution >= 0.6 is 23.2 Å². The normalized spacial score (nSPS) is 11.4. The smallest absolute Gasteiger partial charge is 0.264 e. The van der Waals surface area contributed by atoms with Crippen molar-refractivity contribution in [2.24, 2.45) is 0 Å². The topological polar surface area (TPSA) is 72.2 Å². The summed E-state index contributed by atoms with van der Waals surface area (Å²) in [7, 11) is -4.20. The predicted octanol–water partition coefficient (Wildman–Crippen LogP) is 3.82. The minimum Gasteiger partial charge on any atom is -0.398 e. The molecule has 0 unspecified atom stereocenters. The molecule has 2 aromatic carbocycles. The lowest BCUT2D eigenvalue weighted by Crippen LogP contribution is -2.16. The van der Waals surface area contributed by atoms with E-state index in [1.165, 1.54) is 12.1 Å². The molecule has 112 valence electrons. The Hall–Kier alpha value is -1.50. The van der Waals surface area contributed by atoms with E-state index in [4.69, 9.17) is 28.9 Å². The molecule has 0 aliphatic carbocycles. The van der Waals surface area contributed by atoms with Crippen molar-refractivity contribution in [3.05, 3.63) is 51.8 Å². The van der Waals surface area contributed by atoms with Crippen molar-refractivity contribution in [3.63, 3.8) is 0 Å². The molecular formula is C13H11Cl2FN2O2S. The van der Waals surface area contributed by atoms with Gasteiger partial charge in [0.25, 0.3) is 10.0 Å². The van der Waals surface area contributed by atoms with E-state index in [1.54, 1.807) is 13.0 Å².